The van der Waals surface area contributed by atoms with Crippen LogP contribution in [-0.2, 0) is 4.79 Å². The van der Waals surface area contributed by atoms with Crippen LogP contribution in [0.2, 0.25) is 0 Å². The van der Waals surface area contributed by atoms with E-state index < -0.39 is 5.54 Å². The molecule has 2 N–H and O–H groups in total. The Labute approximate surface area is 178 Å². The highest BCUT2D eigenvalue weighted by molar-refractivity contribution is 5.97. The Hall–Kier alpha value is -1.99. The first-order valence-electron chi connectivity index (χ1n) is 9.96. The van der Waals surface area contributed by atoms with Gasteiger partial charge in [0.2, 0.25) is 5.91 Å². The molecule has 2 atom stereocenters. The molecule has 3 rings (SSSR count). The number of piperazine rings is 1. The van der Waals surface area contributed by atoms with Crippen LogP contribution in [0.25, 0.3) is 0 Å². The van der Waals surface area contributed by atoms with Crippen molar-refractivity contribution in [2.24, 2.45) is 11.7 Å². The van der Waals surface area contributed by atoms with Gasteiger partial charge in [0, 0.05) is 37.8 Å². The Bertz CT molecular complexity index is 733. The van der Waals surface area contributed by atoms with E-state index in [1.807, 2.05) is 11.8 Å². The molecule has 29 heavy (non-hydrogen) atoms. The van der Waals surface area contributed by atoms with Crippen LogP contribution in [0, 0.1) is 5.92 Å². The number of amides is 2. The summed E-state index contributed by atoms with van der Waals surface area (Å²) in [6.07, 6.45) is 3.88. The summed E-state index contributed by atoms with van der Waals surface area (Å²) in [4.78, 5) is 29.6. The summed E-state index contributed by atoms with van der Waals surface area (Å²) >= 11 is 0. The minimum absolute atomic E-state index is 0. The van der Waals surface area contributed by atoms with Gasteiger partial charge in [0.15, 0.2) is 0 Å². The molecule has 0 spiro atoms. The van der Waals surface area contributed by atoms with Crippen LogP contribution in [0.15, 0.2) is 18.2 Å². The largest absolute Gasteiger partial charge is 0.497 e. The lowest BCUT2D eigenvalue weighted by atomic mass is 9.74. The summed E-state index contributed by atoms with van der Waals surface area (Å²) in [7, 11) is 3.11. The van der Waals surface area contributed by atoms with Crippen molar-refractivity contribution in [3.63, 3.8) is 0 Å². The molecule has 1 heterocycles. The van der Waals surface area contributed by atoms with E-state index in [2.05, 4.69) is 0 Å². The van der Waals surface area contributed by atoms with Gasteiger partial charge in [0.25, 0.3) is 5.91 Å². The quantitative estimate of drug-likeness (QED) is 0.800. The SMILES string of the molecule is COc1ccc(C(=O)N2CCN(C(=O)C3CCCCC3(C)N)CC2)c(OC)c1.Cl. The molecule has 2 amide bonds. The fourth-order valence-corrected chi connectivity index (χ4v) is 4.26. The number of halogens is 1. The average molecular weight is 426 g/mol. The minimum Gasteiger partial charge on any atom is -0.497 e. The molecular formula is C21H32ClN3O4. The third-order valence-corrected chi connectivity index (χ3v) is 6.07. The van der Waals surface area contributed by atoms with E-state index >= 15 is 0 Å². The van der Waals surface area contributed by atoms with Crippen molar-refractivity contribution in [3.05, 3.63) is 23.8 Å². The highest BCUT2D eigenvalue weighted by atomic mass is 35.5. The maximum Gasteiger partial charge on any atom is 0.257 e. The van der Waals surface area contributed by atoms with Crippen LogP contribution < -0.4 is 15.2 Å². The van der Waals surface area contributed by atoms with Crippen LogP contribution in [0.1, 0.15) is 43.0 Å². The summed E-state index contributed by atoms with van der Waals surface area (Å²) in [5, 5.41) is 0. The fourth-order valence-electron chi connectivity index (χ4n) is 4.26. The third-order valence-electron chi connectivity index (χ3n) is 6.07. The summed E-state index contributed by atoms with van der Waals surface area (Å²) in [5.41, 5.74) is 6.47. The zero-order chi connectivity index (χ0) is 20.3. The normalized spacial score (nSPS) is 24.5. The van der Waals surface area contributed by atoms with Gasteiger partial charge >= 0.3 is 0 Å². The molecule has 1 saturated carbocycles. The zero-order valence-corrected chi connectivity index (χ0v) is 18.3. The monoisotopic (exact) mass is 425 g/mol. The van der Waals surface area contributed by atoms with Crippen molar-refractivity contribution in [2.45, 2.75) is 38.1 Å². The van der Waals surface area contributed by atoms with Gasteiger partial charge in [-0.25, -0.2) is 0 Å². The second-order valence-corrected chi connectivity index (χ2v) is 7.99. The van der Waals surface area contributed by atoms with Crippen LogP contribution in [0.3, 0.4) is 0 Å². The average Bonchev–Trinajstić information content (AvgIpc) is 2.72. The fraction of sp³-hybridized carbons (Fsp3) is 0.619. The number of hydrogen-bond acceptors (Lipinski definition) is 5. The highest BCUT2D eigenvalue weighted by Gasteiger charge is 2.40. The molecule has 1 aromatic rings. The van der Waals surface area contributed by atoms with Gasteiger partial charge in [-0.15, -0.1) is 12.4 Å². The molecule has 1 aliphatic carbocycles. The van der Waals surface area contributed by atoms with Crippen molar-refractivity contribution < 1.29 is 19.1 Å². The number of hydrogen-bond donors (Lipinski definition) is 1. The molecule has 1 aromatic carbocycles. The lowest BCUT2D eigenvalue weighted by Gasteiger charge is -2.42. The van der Waals surface area contributed by atoms with E-state index in [-0.39, 0.29) is 30.1 Å². The van der Waals surface area contributed by atoms with Gasteiger partial charge in [-0.1, -0.05) is 12.8 Å². The number of carbonyl (C=O) groups is 2. The molecule has 0 bridgehead atoms. The third kappa shape index (κ3) is 4.95. The molecule has 1 aliphatic heterocycles. The highest BCUT2D eigenvalue weighted by Crippen LogP contribution is 2.33. The van der Waals surface area contributed by atoms with E-state index in [4.69, 9.17) is 15.2 Å². The van der Waals surface area contributed by atoms with Gasteiger partial charge in [0.05, 0.1) is 25.7 Å². The van der Waals surface area contributed by atoms with Gasteiger partial charge < -0.3 is 25.0 Å². The number of ether oxygens (including phenoxy) is 2. The number of nitrogens with zero attached hydrogens (tertiary/aromatic N) is 2. The predicted octanol–water partition coefficient (Wildman–Crippen LogP) is 2.32. The van der Waals surface area contributed by atoms with Gasteiger partial charge in [-0.05, 0) is 31.9 Å². The van der Waals surface area contributed by atoms with E-state index in [1.54, 1.807) is 30.2 Å². The number of rotatable bonds is 4. The Balaban J connectivity index is 0.00000300. The van der Waals surface area contributed by atoms with E-state index in [9.17, 15) is 9.59 Å². The number of benzene rings is 1. The Kier molecular flexibility index (Phi) is 7.77. The lowest BCUT2D eigenvalue weighted by molar-refractivity contribution is -0.140. The number of methoxy groups -OCH3 is 2. The first-order valence-corrected chi connectivity index (χ1v) is 9.96. The van der Waals surface area contributed by atoms with E-state index in [0.717, 1.165) is 25.7 Å². The van der Waals surface area contributed by atoms with Crippen molar-refractivity contribution in [2.75, 3.05) is 40.4 Å². The summed E-state index contributed by atoms with van der Waals surface area (Å²) in [6, 6.07) is 5.18. The molecular weight excluding hydrogens is 394 g/mol. The van der Waals surface area contributed by atoms with Crippen LogP contribution in [0.4, 0.5) is 0 Å². The van der Waals surface area contributed by atoms with Crippen LogP contribution in [-0.4, -0.2) is 67.6 Å². The molecule has 1 saturated heterocycles. The first-order chi connectivity index (χ1) is 13.4. The van der Waals surface area contributed by atoms with Crippen molar-refractivity contribution in [1.82, 2.24) is 9.80 Å². The van der Waals surface area contributed by atoms with Gasteiger partial charge in [-0.3, -0.25) is 9.59 Å². The Morgan fingerprint density at radius 3 is 2.31 bits per heavy atom. The van der Waals surface area contributed by atoms with E-state index in [1.165, 1.54) is 7.11 Å². The summed E-state index contributed by atoms with van der Waals surface area (Å²) in [5.74, 6) is 1.06. The number of nitrogens with two attached hydrogens (primary N) is 1. The molecule has 0 radical (unpaired) electrons. The summed E-state index contributed by atoms with van der Waals surface area (Å²) < 4.78 is 10.5. The minimum atomic E-state index is -0.432. The van der Waals surface area contributed by atoms with Gasteiger partial charge in [0.1, 0.15) is 11.5 Å². The molecule has 2 unspecified atom stereocenters. The smallest absolute Gasteiger partial charge is 0.257 e. The Morgan fingerprint density at radius 2 is 1.72 bits per heavy atom. The standard InChI is InChI=1S/C21H31N3O4.ClH/c1-21(22)9-5-4-6-17(21)20(26)24-12-10-23(11-13-24)19(25)16-8-7-15(27-2)14-18(16)28-3;/h7-8,14,17H,4-6,9-13,22H2,1-3H3;1H. The van der Waals surface area contributed by atoms with E-state index in [0.29, 0.717) is 43.2 Å². The topological polar surface area (TPSA) is 85.1 Å². The molecule has 8 heteroatoms. The zero-order valence-electron chi connectivity index (χ0n) is 17.5. The van der Waals surface area contributed by atoms with Crippen molar-refractivity contribution in [3.8, 4) is 11.5 Å². The second-order valence-electron chi connectivity index (χ2n) is 7.99. The van der Waals surface area contributed by atoms with Crippen molar-refractivity contribution >= 4 is 24.2 Å². The molecule has 7 nitrogen and oxygen atoms in total. The van der Waals surface area contributed by atoms with Gasteiger partial charge in [-0.2, -0.15) is 0 Å². The maximum absolute atomic E-state index is 13.0. The maximum atomic E-state index is 13.0. The molecule has 2 fully saturated rings. The van der Waals surface area contributed by atoms with Crippen molar-refractivity contribution in [1.29, 1.82) is 0 Å². The van der Waals surface area contributed by atoms with Crippen LogP contribution in [0.5, 0.6) is 11.5 Å². The first kappa shape index (κ1) is 23.3. The number of carbonyl (C=O) groups excluding carboxylic acids is 2. The summed E-state index contributed by atoms with van der Waals surface area (Å²) in [6.45, 7) is 4.08. The predicted molar refractivity (Wildman–Crippen MR) is 114 cm³/mol. The Morgan fingerprint density at radius 1 is 1.07 bits per heavy atom. The molecule has 0 aromatic heterocycles. The van der Waals surface area contributed by atoms with Crippen LogP contribution >= 0.6 is 12.4 Å². The molecule has 2 aliphatic rings. The lowest BCUT2D eigenvalue weighted by Crippen LogP contribution is -2.57. The second kappa shape index (κ2) is 9.67. The molecule has 162 valence electrons.